The second-order valence-electron chi connectivity index (χ2n) is 6.25. The van der Waals surface area contributed by atoms with Crippen LogP contribution >= 0.6 is 0 Å². The zero-order valence-corrected chi connectivity index (χ0v) is 15.0. The molecule has 144 valence electrons. The molecule has 0 bridgehead atoms. The average molecular weight is 385 g/mol. The molecule has 1 heterocycles. The Labute approximate surface area is 158 Å². The summed E-state index contributed by atoms with van der Waals surface area (Å²) in [6, 6.07) is 11.6. The van der Waals surface area contributed by atoms with Crippen LogP contribution in [0, 0.1) is 18.6 Å². The van der Waals surface area contributed by atoms with E-state index >= 15 is 0 Å². The Morgan fingerprint density at radius 3 is 2.50 bits per heavy atom. The van der Waals surface area contributed by atoms with Gasteiger partial charge in [-0.2, -0.15) is 0 Å². The fourth-order valence-electron chi connectivity index (χ4n) is 2.71. The topological polar surface area (TPSA) is 73.1 Å². The van der Waals surface area contributed by atoms with Gasteiger partial charge in [0.25, 0.3) is 5.56 Å². The highest BCUT2D eigenvalue weighted by molar-refractivity contribution is 5.90. The van der Waals surface area contributed by atoms with Gasteiger partial charge in [0, 0.05) is 24.0 Å². The minimum absolute atomic E-state index is 0.0214. The standard InChI is InChI=1S/C20H17F2N3O3/c1-13-4-2-3-5-14(13)11-24-9-8-19(27)25(20(24)28)12-18(26)23-15-6-7-16(21)17(22)10-15/h2-10H,11-12H2,1H3,(H,23,26). The molecular formula is C20H17F2N3O3. The van der Waals surface area contributed by atoms with Crippen molar-refractivity contribution in [2.24, 2.45) is 0 Å². The second-order valence-corrected chi connectivity index (χ2v) is 6.25. The van der Waals surface area contributed by atoms with Crippen LogP contribution in [0.4, 0.5) is 14.5 Å². The summed E-state index contributed by atoms with van der Waals surface area (Å²) < 4.78 is 28.3. The van der Waals surface area contributed by atoms with Crippen LogP contribution in [-0.4, -0.2) is 15.0 Å². The Hall–Kier alpha value is -3.55. The summed E-state index contributed by atoms with van der Waals surface area (Å²) in [5.74, 6) is -2.87. The van der Waals surface area contributed by atoms with Crippen molar-refractivity contribution < 1.29 is 13.6 Å². The average Bonchev–Trinajstić information content (AvgIpc) is 2.66. The van der Waals surface area contributed by atoms with E-state index in [2.05, 4.69) is 5.32 Å². The van der Waals surface area contributed by atoms with E-state index in [0.29, 0.717) is 0 Å². The fourth-order valence-corrected chi connectivity index (χ4v) is 2.71. The number of halogens is 2. The number of amides is 1. The molecule has 28 heavy (non-hydrogen) atoms. The van der Waals surface area contributed by atoms with Gasteiger partial charge >= 0.3 is 5.69 Å². The van der Waals surface area contributed by atoms with Crippen LogP contribution in [0.2, 0.25) is 0 Å². The molecule has 0 spiro atoms. The van der Waals surface area contributed by atoms with Crippen LogP contribution < -0.4 is 16.6 Å². The number of rotatable bonds is 5. The lowest BCUT2D eigenvalue weighted by Gasteiger charge is -2.12. The largest absolute Gasteiger partial charge is 0.331 e. The van der Waals surface area contributed by atoms with E-state index < -0.39 is 35.3 Å². The van der Waals surface area contributed by atoms with Crippen LogP contribution in [0.25, 0.3) is 0 Å². The number of aryl methyl sites for hydroxylation is 1. The fraction of sp³-hybridized carbons (Fsp3) is 0.150. The number of carbonyl (C=O) groups excluding carboxylic acids is 1. The lowest BCUT2D eigenvalue weighted by molar-refractivity contribution is -0.116. The minimum atomic E-state index is -1.12. The zero-order chi connectivity index (χ0) is 20.3. The van der Waals surface area contributed by atoms with Crippen LogP contribution in [0.5, 0.6) is 0 Å². The van der Waals surface area contributed by atoms with Gasteiger partial charge in [0.2, 0.25) is 5.91 Å². The minimum Gasteiger partial charge on any atom is -0.324 e. The predicted molar refractivity (Wildman–Crippen MR) is 100 cm³/mol. The Kier molecular flexibility index (Phi) is 5.49. The maximum atomic E-state index is 13.2. The van der Waals surface area contributed by atoms with Crippen molar-refractivity contribution in [2.75, 3.05) is 5.32 Å². The maximum Gasteiger partial charge on any atom is 0.331 e. The third kappa shape index (κ3) is 4.22. The molecule has 0 saturated carbocycles. The first-order valence-electron chi connectivity index (χ1n) is 8.45. The Morgan fingerprint density at radius 1 is 1.04 bits per heavy atom. The SMILES string of the molecule is Cc1ccccc1Cn1ccc(=O)n(CC(=O)Nc2ccc(F)c(F)c2)c1=O. The Morgan fingerprint density at radius 2 is 1.79 bits per heavy atom. The van der Waals surface area contributed by atoms with Gasteiger partial charge in [-0.25, -0.2) is 13.6 Å². The first kappa shape index (κ1) is 19.2. The molecule has 0 aliphatic rings. The van der Waals surface area contributed by atoms with Gasteiger partial charge < -0.3 is 5.32 Å². The maximum absolute atomic E-state index is 13.2. The number of aromatic nitrogens is 2. The zero-order valence-electron chi connectivity index (χ0n) is 15.0. The van der Waals surface area contributed by atoms with E-state index in [4.69, 9.17) is 0 Å². The molecule has 0 aliphatic carbocycles. The van der Waals surface area contributed by atoms with Crippen molar-refractivity contribution in [1.29, 1.82) is 0 Å². The van der Waals surface area contributed by atoms with Gasteiger partial charge in [0.15, 0.2) is 11.6 Å². The van der Waals surface area contributed by atoms with Crippen molar-refractivity contribution in [3.8, 4) is 0 Å². The monoisotopic (exact) mass is 385 g/mol. The molecule has 0 atom stereocenters. The quantitative estimate of drug-likeness (QED) is 0.732. The van der Waals surface area contributed by atoms with Gasteiger partial charge in [-0.3, -0.25) is 18.7 Å². The molecular weight excluding hydrogens is 368 g/mol. The first-order valence-corrected chi connectivity index (χ1v) is 8.45. The second kappa shape index (κ2) is 7.99. The number of anilines is 1. The number of benzene rings is 2. The van der Waals surface area contributed by atoms with Crippen LogP contribution in [0.3, 0.4) is 0 Å². The normalized spacial score (nSPS) is 10.7. The number of hydrogen-bond acceptors (Lipinski definition) is 3. The van der Waals surface area contributed by atoms with Gasteiger partial charge in [0.05, 0.1) is 6.54 Å². The predicted octanol–water partition coefficient (Wildman–Crippen LogP) is 2.28. The molecule has 0 saturated heterocycles. The van der Waals surface area contributed by atoms with E-state index in [-0.39, 0.29) is 12.2 Å². The molecule has 0 unspecified atom stereocenters. The highest BCUT2D eigenvalue weighted by atomic mass is 19.2. The molecule has 3 rings (SSSR count). The Balaban J connectivity index is 1.82. The Bertz CT molecular complexity index is 1150. The summed E-state index contributed by atoms with van der Waals surface area (Å²) in [6.45, 7) is 1.60. The molecule has 1 amide bonds. The van der Waals surface area contributed by atoms with E-state index in [0.717, 1.165) is 27.8 Å². The van der Waals surface area contributed by atoms with Crippen molar-refractivity contribution in [1.82, 2.24) is 9.13 Å². The smallest absolute Gasteiger partial charge is 0.324 e. The van der Waals surface area contributed by atoms with Gasteiger partial charge in [-0.1, -0.05) is 24.3 Å². The summed E-state index contributed by atoms with van der Waals surface area (Å²) in [6.07, 6.45) is 1.38. The number of nitrogens with zero attached hydrogens (tertiary/aromatic N) is 2. The summed E-state index contributed by atoms with van der Waals surface area (Å²) in [5.41, 5.74) is 0.639. The molecule has 6 nitrogen and oxygen atoms in total. The van der Waals surface area contributed by atoms with Crippen LogP contribution in [0.15, 0.2) is 64.3 Å². The van der Waals surface area contributed by atoms with E-state index in [9.17, 15) is 23.2 Å². The third-order valence-corrected chi connectivity index (χ3v) is 4.25. The molecule has 1 aromatic heterocycles. The highest BCUT2D eigenvalue weighted by Gasteiger charge is 2.12. The number of carbonyl (C=O) groups is 1. The molecule has 0 fully saturated rings. The van der Waals surface area contributed by atoms with E-state index in [1.807, 2.05) is 31.2 Å². The number of hydrogen-bond donors (Lipinski definition) is 1. The third-order valence-electron chi connectivity index (χ3n) is 4.25. The molecule has 0 aliphatic heterocycles. The van der Waals surface area contributed by atoms with Crippen molar-refractivity contribution in [2.45, 2.75) is 20.0 Å². The molecule has 8 heteroatoms. The molecule has 2 aromatic carbocycles. The van der Waals surface area contributed by atoms with Crippen molar-refractivity contribution in [3.05, 3.63) is 98.3 Å². The molecule has 3 aromatic rings. The van der Waals surface area contributed by atoms with Crippen LogP contribution in [-0.2, 0) is 17.9 Å². The first-order chi connectivity index (χ1) is 13.3. The lowest BCUT2D eigenvalue weighted by Crippen LogP contribution is -2.41. The summed E-state index contributed by atoms with van der Waals surface area (Å²) in [7, 11) is 0. The number of nitrogens with one attached hydrogen (secondary N) is 1. The summed E-state index contributed by atoms with van der Waals surface area (Å²) >= 11 is 0. The summed E-state index contributed by atoms with van der Waals surface area (Å²) in [4.78, 5) is 36.9. The van der Waals surface area contributed by atoms with Gasteiger partial charge in [0.1, 0.15) is 6.54 Å². The van der Waals surface area contributed by atoms with Crippen molar-refractivity contribution >= 4 is 11.6 Å². The lowest BCUT2D eigenvalue weighted by atomic mass is 10.1. The highest BCUT2D eigenvalue weighted by Crippen LogP contribution is 2.13. The van der Waals surface area contributed by atoms with E-state index in [1.165, 1.54) is 22.9 Å². The molecule has 0 radical (unpaired) electrons. The van der Waals surface area contributed by atoms with Gasteiger partial charge in [-0.05, 0) is 30.2 Å². The molecule has 1 N–H and O–H groups in total. The summed E-state index contributed by atoms with van der Waals surface area (Å²) in [5, 5.41) is 2.34. The van der Waals surface area contributed by atoms with Crippen LogP contribution in [0.1, 0.15) is 11.1 Å². The van der Waals surface area contributed by atoms with Gasteiger partial charge in [-0.15, -0.1) is 0 Å². The van der Waals surface area contributed by atoms with E-state index in [1.54, 1.807) is 0 Å². The van der Waals surface area contributed by atoms with Crippen molar-refractivity contribution in [3.63, 3.8) is 0 Å².